The maximum absolute atomic E-state index is 13.2. The fourth-order valence-corrected chi connectivity index (χ4v) is 2.70. The molecule has 0 radical (unpaired) electrons. The Kier molecular flexibility index (Phi) is 3.35. The number of nitrogens with two attached hydrogens (primary N) is 2. The van der Waals surface area contributed by atoms with Gasteiger partial charge < -0.3 is 11.5 Å². The monoisotopic (exact) mass is 318 g/mol. The number of hydrogen-bond acceptors (Lipinski definition) is 4. The van der Waals surface area contributed by atoms with Crippen LogP contribution in [-0.4, -0.2) is 9.97 Å². The van der Waals surface area contributed by atoms with E-state index >= 15 is 0 Å². The molecule has 0 aliphatic rings. The van der Waals surface area contributed by atoms with Crippen LogP contribution in [0.5, 0.6) is 0 Å². The van der Waals surface area contributed by atoms with Gasteiger partial charge in [0.2, 0.25) is 5.95 Å². The third kappa shape index (κ3) is 2.54. The number of aromatic nitrogens is 2. The summed E-state index contributed by atoms with van der Waals surface area (Å²) in [5.41, 5.74) is 12.3. The van der Waals surface area contributed by atoms with Crippen molar-refractivity contribution in [3.05, 3.63) is 47.5 Å². The molecule has 0 fully saturated rings. The van der Waals surface area contributed by atoms with Crippen molar-refractivity contribution in [1.29, 1.82) is 0 Å². The summed E-state index contributed by atoms with van der Waals surface area (Å²) in [7, 11) is 0. The number of rotatable bonds is 1. The fourth-order valence-electron chi connectivity index (χ4n) is 2.70. The molecule has 0 amide bonds. The normalized spacial score (nSPS) is 11.8. The van der Waals surface area contributed by atoms with Crippen molar-refractivity contribution in [1.82, 2.24) is 9.97 Å². The van der Waals surface area contributed by atoms with E-state index in [-0.39, 0.29) is 17.3 Å². The minimum absolute atomic E-state index is 0.0258. The maximum Gasteiger partial charge on any atom is 0.417 e. The molecule has 7 heteroatoms. The van der Waals surface area contributed by atoms with Crippen LogP contribution >= 0.6 is 0 Å². The van der Waals surface area contributed by atoms with Gasteiger partial charge in [-0.2, -0.15) is 18.2 Å². The summed E-state index contributed by atoms with van der Waals surface area (Å²) in [4.78, 5) is 7.96. The highest BCUT2D eigenvalue weighted by atomic mass is 19.4. The molecule has 4 N–H and O–H groups in total. The molecule has 0 aliphatic carbocycles. The van der Waals surface area contributed by atoms with Crippen LogP contribution in [-0.2, 0) is 6.18 Å². The maximum atomic E-state index is 13.2. The Hall–Kier alpha value is -2.83. The minimum atomic E-state index is -4.44. The summed E-state index contributed by atoms with van der Waals surface area (Å²) in [6.07, 6.45) is -4.44. The lowest BCUT2D eigenvalue weighted by molar-refractivity contribution is -0.137. The average molecular weight is 318 g/mol. The minimum Gasteiger partial charge on any atom is -0.383 e. The van der Waals surface area contributed by atoms with Crippen LogP contribution in [0.3, 0.4) is 0 Å². The van der Waals surface area contributed by atoms with Gasteiger partial charge in [0.15, 0.2) is 0 Å². The van der Waals surface area contributed by atoms with Gasteiger partial charge in [0, 0.05) is 5.39 Å². The molecule has 0 spiro atoms. The van der Waals surface area contributed by atoms with E-state index in [1.807, 2.05) is 0 Å². The highest BCUT2D eigenvalue weighted by Crippen LogP contribution is 2.39. The Labute approximate surface area is 130 Å². The van der Waals surface area contributed by atoms with Crippen molar-refractivity contribution in [2.45, 2.75) is 13.1 Å². The second kappa shape index (κ2) is 5.12. The number of benzene rings is 2. The van der Waals surface area contributed by atoms with Crippen LogP contribution in [0.25, 0.3) is 22.0 Å². The van der Waals surface area contributed by atoms with E-state index in [2.05, 4.69) is 9.97 Å². The van der Waals surface area contributed by atoms with Crippen LogP contribution in [0.1, 0.15) is 11.1 Å². The van der Waals surface area contributed by atoms with E-state index in [9.17, 15) is 13.2 Å². The molecular weight excluding hydrogens is 305 g/mol. The summed E-state index contributed by atoms with van der Waals surface area (Å²) < 4.78 is 39.7. The lowest BCUT2D eigenvalue weighted by atomic mass is 9.93. The predicted octanol–water partition coefficient (Wildman–Crippen LogP) is 3.79. The Morgan fingerprint density at radius 1 is 0.913 bits per heavy atom. The number of nitrogen functional groups attached to an aromatic ring is 2. The van der Waals surface area contributed by atoms with E-state index < -0.39 is 11.7 Å². The van der Waals surface area contributed by atoms with Gasteiger partial charge in [-0.05, 0) is 35.7 Å². The zero-order valence-corrected chi connectivity index (χ0v) is 12.1. The number of nitrogens with zero attached hydrogens (tertiary/aromatic N) is 2. The lowest BCUT2D eigenvalue weighted by Gasteiger charge is -2.16. The smallest absolute Gasteiger partial charge is 0.383 e. The number of aryl methyl sites for hydroxylation is 1. The first-order valence-electron chi connectivity index (χ1n) is 6.78. The van der Waals surface area contributed by atoms with E-state index in [1.54, 1.807) is 25.1 Å². The largest absolute Gasteiger partial charge is 0.417 e. The van der Waals surface area contributed by atoms with Crippen LogP contribution in [0.2, 0.25) is 0 Å². The van der Waals surface area contributed by atoms with Crippen LogP contribution < -0.4 is 11.5 Å². The molecule has 1 aromatic heterocycles. The molecule has 1 heterocycles. The van der Waals surface area contributed by atoms with Crippen molar-refractivity contribution in [2.75, 3.05) is 11.5 Å². The topological polar surface area (TPSA) is 77.8 Å². The molecule has 2 aromatic carbocycles. The van der Waals surface area contributed by atoms with Crippen molar-refractivity contribution >= 4 is 22.7 Å². The fraction of sp³-hybridized carbons (Fsp3) is 0.125. The van der Waals surface area contributed by atoms with Gasteiger partial charge in [-0.3, -0.25) is 0 Å². The van der Waals surface area contributed by atoms with Gasteiger partial charge in [-0.15, -0.1) is 0 Å². The lowest BCUT2D eigenvalue weighted by Crippen LogP contribution is -2.08. The second-order valence-electron chi connectivity index (χ2n) is 5.14. The average Bonchev–Trinajstić information content (AvgIpc) is 2.46. The molecule has 0 saturated carbocycles. The number of hydrogen-bond donors (Lipinski definition) is 2. The summed E-state index contributed by atoms with van der Waals surface area (Å²) in [6, 6.07) is 8.61. The van der Waals surface area contributed by atoms with Gasteiger partial charge in [0.25, 0.3) is 0 Å². The van der Waals surface area contributed by atoms with Gasteiger partial charge in [-0.1, -0.05) is 24.3 Å². The first kappa shape index (κ1) is 15.1. The van der Waals surface area contributed by atoms with Crippen LogP contribution in [0, 0.1) is 6.92 Å². The predicted molar refractivity (Wildman–Crippen MR) is 83.5 cm³/mol. The van der Waals surface area contributed by atoms with E-state index in [1.165, 1.54) is 12.1 Å². The number of fused-ring (bicyclic) bond motifs is 1. The van der Waals surface area contributed by atoms with Crippen molar-refractivity contribution in [3.63, 3.8) is 0 Å². The quantitative estimate of drug-likeness (QED) is 0.715. The SMILES string of the molecule is Cc1c(-c2ccccc2C(F)(F)F)ccc2nc(N)nc(N)c12. The molecule has 0 atom stereocenters. The molecule has 0 aliphatic heterocycles. The highest BCUT2D eigenvalue weighted by molar-refractivity contribution is 5.96. The van der Waals surface area contributed by atoms with E-state index in [4.69, 9.17) is 11.5 Å². The Morgan fingerprint density at radius 2 is 1.61 bits per heavy atom. The standard InChI is InChI=1S/C16H13F3N4/c1-8-9(10-4-2-3-5-11(10)16(17,18)19)6-7-12-13(8)14(20)23-15(21)22-12/h2-7H,1H3,(H4,20,21,22,23). The Morgan fingerprint density at radius 3 is 2.30 bits per heavy atom. The molecule has 4 nitrogen and oxygen atoms in total. The van der Waals surface area contributed by atoms with Crippen molar-refractivity contribution in [2.24, 2.45) is 0 Å². The van der Waals surface area contributed by atoms with Gasteiger partial charge in [0.1, 0.15) is 5.82 Å². The molecular formula is C16H13F3N4. The van der Waals surface area contributed by atoms with Crippen molar-refractivity contribution < 1.29 is 13.2 Å². The number of halogens is 3. The third-order valence-electron chi connectivity index (χ3n) is 3.69. The molecule has 3 aromatic rings. The Balaban J connectivity index is 2.33. The summed E-state index contributed by atoms with van der Waals surface area (Å²) in [6.45, 7) is 1.70. The third-order valence-corrected chi connectivity index (χ3v) is 3.69. The van der Waals surface area contributed by atoms with Gasteiger partial charge >= 0.3 is 6.18 Å². The summed E-state index contributed by atoms with van der Waals surface area (Å²) in [5.74, 6) is 0.175. The Bertz CT molecular complexity index is 904. The first-order chi connectivity index (χ1) is 10.8. The van der Waals surface area contributed by atoms with E-state index in [0.29, 0.717) is 22.0 Å². The van der Waals surface area contributed by atoms with Gasteiger partial charge in [0.05, 0.1) is 11.1 Å². The van der Waals surface area contributed by atoms with Crippen LogP contribution in [0.4, 0.5) is 24.9 Å². The van der Waals surface area contributed by atoms with E-state index in [0.717, 1.165) is 6.07 Å². The number of anilines is 2. The summed E-state index contributed by atoms with van der Waals surface area (Å²) >= 11 is 0. The molecule has 118 valence electrons. The molecule has 0 saturated heterocycles. The molecule has 0 bridgehead atoms. The van der Waals surface area contributed by atoms with Crippen molar-refractivity contribution in [3.8, 4) is 11.1 Å². The zero-order valence-electron chi connectivity index (χ0n) is 12.1. The first-order valence-corrected chi connectivity index (χ1v) is 6.78. The summed E-state index contributed by atoms with van der Waals surface area (Å²) in [5, 5.41) is 0.508. The molecule has 23 heavy (non-hydrogen) atoms. The highest BCUT2D eigenvalue weighted by Gasteiger charge is 2.33. The molecule has 3 rings (SSSR count). The van der Waals surface area contributed by atoms with Crippen LogP contribution in [0.15, 0.2) is 36.4 Å². The second-order valence-corrected chi connectivity index (χ2v) is 5.14. The zero-order chi connectivity index (χ0) is 16.8. The number of alkyl halides is 3. The van der Waals surface area contributed by atoms with Gasteiger partial charge in [-0.25, -0.2) is 4.98 Å². The molecule has 0 unspecified atom stereocenters.